The lowest BCUT2D eigenvalue weighted by atomic mass is 10.3. The van der Waals surface area contributed by atoms with E-state index in [9.17, 15) is 35.1 Å². The monoisotopic (exact) mass is 336 g/mol. The minimum Gasteiger partial charge on any atom is -0.202 e. The Morgan fingerprint density at radius 1 is 0.550 bits per heavy atom. The van der Waals surface area contributed by atoms with Crippen LogP contribution in [0.15, 0.2) is 0 Å². The van der Waals surface area contributed by atoms with Gasteiger partial charge in [-0.15, -0.1) is 0 Å². The lowest BCUT2D eigenvalue weighted by molar-refractivity contribution is 0.464. The van der Waals surface area contributed by atoms with Crippen molar-refractivity contribution in [2.75, 3.05) is 0 Å². The van der Waals surface area contributed by atoms with E-state index in [0.717, 1.165) is 0 Å². The first-order chi connectivity index (χ1) is 9.25. The van der Waals surface area contributed by atoms with Gasteiger partial charge in [-0.25, -0.2) is 17.6 Å². The average molecular weight is 336 g/mol. The predicted octanol–water partition coefficient (Wildman–Crippen LogP) is 5.41. The molecule has 0 spiro atoms. The first kappa shape index (κ1) is 15.0. The molecule has 0 aliphatic rings. The van der Waals surface area contributed by atoms with E-state index >= 15 is 0 Å². The Kier molecular flexibility index (Phi) is 3.87. The maximum absolute atomic E-state index is 13.5. The standard InChI is InChI=1S/C10F8S2/c11-1(7-3(13)5(15)9(17)19-7)2(12)8-4(14)6(16)10(18)20-8. The molecule has 2 rings (SSSR count). The van der Waals surface area contributed by atoms with E-state index in [2.05, 4.69) is 0 Å². The van der Waals surface area contributed by atoms with Gasteiger partial charge in [0, 0.05) is 0 Å². The Balaban J connectivity index is 2.61. The van der Waals surface area contributed by atoms with Gasteiger partial charge in [-0.3, -0.25) is 0 Å². The predicted molar refractivity (Wildman–Crippen MR) is 57.4 cm³/mol. The number of halogens is 8. The third-order valence-electron chi connectivity index (χ3n) is 2.10. The van der Waals surface area contributed by atoms with Crippen molar-refractivity contribution in [1.29, 1.82) is 0 Å². The van der Waals surface area contributed by atoms with Crippen molar-refractivity contribution in [3.8, 4) is 0 Å². The molecule has 0 aliphatic heterocycles. The van der Waals surface area contributed by atoms with Gasteiger partial charge >= 0.3 is 0 Å². The number of hydrogen-bond donors (Lipinski definition) is 0. The van der Waals surface area contributed by atoms with Gasteiger partial charge in [-0.2, -0.15) is 17.6 Å². The summed E-state index contributed by atoms with van der Waals surface area (Å²) in [5.41, 5.74) is 0. The Labute approximate surface area is 113 Å². The topological polar surface area (TPSA) is 0 Å². The molecule has 0 aromatic carbocycles. The third kappa shape index (κ3) is 2.22. The summed E-state index contributed by atoms with van der Waals surface area (Å²) in [5, 5.41) is -3.49. The van der Waals surface area contributed by atoms with E-state index in [1.165, 1.54) is 0 Å². The van der Waals surface area contributed by atoms with Crippen LogP contribution in [0.2, 0.25) is 0 Å². The van der Waals surface area contributed by atoms with Crippen LogP contribution in [0.3, 0.4) is 0 Å². The average Bonchev–Trinajstić information content (AvgIpc) is 2.82. The molecule has 108 valence electrons. The molecule has 0 nitrogen and oxygen atoms in total. The van der Waals surface area contributed by atoms with E-state index in [4.69, 9.17) is 0 Å². The van der Waals surface area contributed by atoms with Gasteiger partial charge in [0.05, 0.1) is 0 Å². The molecule has 0 saturated carbocycles. The zero-order valence-electron chi connectivity index (χ0n) is 8.84. The molecule has 20 heavy (non-hydrogen) atoms. The highest BCUT2D eigenvalue weighted by atomic mass is 32.1. The molecule has 0 atom stereocenters. The molecule has 2 aromatic heterocycles. The van der Waals surface area contributed by atoms with Crippen molar-refractivity contribution in [3.05, 3.63) is 43.3 Å². The number of rotatable bonds is 2. The fraction of sp³-hybridized carbons (Fsp3) is 0. The van der Waals surface area contributed by atoms with E-state index in [1.807, 2.05) is 0 Å². The summed E-state index contributed by atoms with van der Waals surface area (Å²) in [6.07, 6.45) is 0. The summed E-state index contributed by atoms with van der Waals surface area (Å²) in [5.74, 6) is -12.4. The molecular formula is C10F8S2. The van der Waals surface area contributed by atoms with Gasteiger partial charge in [0.25, 0.3) is 0 Å². The van der Waals surface area contributed by atoms with Crippen LogP contribution in [0.1, 0.15) is 9.75 Å². The van der Waals surface area contributed by atoms with Gasteiger partial charge in [0.15, 0.2) is 23.3 Å². The molecule has 0 radical (unpaired) electrons. The van der Waals surface area contributed by atoms with Gasteiger partial charge in [-0.1, -0.05) is 22.7 Å². The molecule has 0 aliphatic carbocycles. The number of hydrogen-bond acceptors (Lipinski definition) is 2. The minimum atomic E-state index is -2.16. The highest BCUT2D eigenvalue weighted by Crippen LogP contribution is 2.39. The Morgan fingerprint density at radius 2 is 0.850 bits per heavy atom. The smallest absolute Gasteiger partial charge is 0.202 e. The molecule has 2 heterocycles. The Hall–Kier alpha value is -1.42. The van der Waals surface area contributed by atoms with Crippen LogP contribution in [0, 0.1) is 33.5 Å². The van der Waals surface area contributed by atoms with E-state index in [0.29, 0.717) is 0 Å². The van der Waals surface area contributed by atoms with Crippen molar-refractivity contribution in [3.63, 3.8) is 0 Å². The third-order valence-corrected chi connectivity index (χ3v) is 3.95. The lowest BCUT2D eigenvalue weighted by Gasteiger charge is -1.97. The van der Waals surface area contributed by atoms with Gasteiger partial charge in [0.1, 0.15) is 9.75 Å². The second-order valence-electron chi connectivity index (χ2n) is 3.29. The van der Waals surface area contributed by atoms with Crippen LogP contribution in [0.5, 0.6) is 0 Å². The first-order valence-electron chi connectivity index (χ1n) is 4.58. The molecule has 0 saturated heterocycles. The summed E-state index contributed by atoms with van der Waals surface area (Å²) < 4.78 is 104. The molecule has 10 heteroatoms. The van der Waals surface area contributed by atoms with Crippen molar-refractivity contribution in [2.45, 2.75) is 0 Å². The molecule has 0 amide bonds. The molecular weight excluding hydrogens is 336 g/mol. The quantitative estimate of drug-likeness (QED) is 0.644. The van der Waals surface area contributed by atoms with E-state index < -0.39 is 77.6 Å². The maximum atomic E-state index is 13.5. The van der Waals surface area contributed by atoms with Gasteiger partial charge in [0.2, 0.25) is 21.9 Å². The normalized spacial score (nSPS) is 12.8. The zero-order valence-corrected chi connectivity index (χ0v) is 10.5. The van der Waals surface area contributed by atoms with E-state index in [1.54, 1.807) is 0 Å². The highest BCUT2D eigenvalue weighted by molar-refractivity contribution is 7.12. The number of thiophene rings is 2. The van der Waals surface area contributed by atoms with Crippen molar-refractivity contribution in [1.82, 2.24) is 0 Å². The Bertz CT molecular complexity index is 651. The van der Waals surface area contributed by atoms with Gasteiger partial charge < -0.3 is 0 Å². The molecule has 0 bridgehead atoms. The van der Waals surface area contributed by atoms with Gasteiger partial charge in [-0.05, 0) is 0 Å². The molecule has 2 aromatic rings. The molecule has 0 fully saturated rings. The van der Waals surface area contributed by atoms with Crippen LogP contribution >= 0.6 is 22.7 Å². The second kappa shape index (κ2) is 5.17. The van der Waals surface area contributed by atoms with E-state index in [-0.39, 0.29) is 0 Å². The van der Waals surface area contributed by atoms with Crippen LogP contribution in [-0.4, -0.2) is 0 Å². The van der Waals surface area contributed by atoms with Crippen molar-refractivity contribution < 1.29 is 35.1 Å². The summed E-state index contributed by atoms with van der Waals surface area (Å²) >= 11 is -0.812. The fourth-order valence-corrected chi connectivity index (χ4v) is 2.65. The minimum absolute atomic E-state index is 0.406. The first-order valence-corrected chi connectivity index (χ1v) is 6.21. The zero-order chi connectivity index (χ0) is 15.2. The molecule has 0 unspecified atom stereocenters. The van der Waals surface area contributed by atoms with Crippen molar-refractivity contribution in [2.24, 2.45) is 0 Å². The maximum Gasteiger partial charge on any atom is 0.216 e. The SMILES string of the molecule is FC(=C(F)c1sc(F)c(F)c1F)c1sc(F)c(F)c1F. The second-order valence-corrected chi connectivity index (χ2v) is 5.24. The Morgan fingerprint density at radius 3 is 1.05 bits per heavy atom. The fourth-order valence-electron chi connectivity index (χ4n) is 1.21. The van der Waals surface area contributed by atoms with Crippen LogP contribution in [-0.2, 0) is 0 Å². The summed E-state index contributed by atoms with van der Waals surface area (Å²) in [6.45, 7) is 0. The summed E-state index contributed by atoms with van der Waals surface area (Å²) in [4.78, 5) is -2.82. The largest absolute Gasteiger partial charge is 0.216 e. The van der Waals surface area contributed by atoms with Crippen molar-refractivity contribution >= 4 is 34.3 Å². The lowest BCUT2D eigenvalue weighted by Crippen LogP contribution is -1.87. The summed E-state index contributed by atoms with van der Waals surface area (Å²) in [7, 11) is 0. The van der Waals surface area contributed by atoms with Crippen LogP contribution in [0.4, 0.5) is 35.1 Å². The summed E-state index contributed by atoms with van der Waals surface area (Å²) in [6, 6.07) is 0. The van der Waals surface area contributed by atoms with Crippen LogP contribution < -0.4 is 0 Å². The van der Waals surface area contributed by atoms with Crippen LogP contribution in [0.25, 0.3) is 11.7 Å². The highest BCUT2D eigenvalue weighted by Gasteiger charge is 2.28. The molecule has 0 N–H and O–H groups in total.